The summed E-state index contributed by atoms with van der Waals surface area (Å²) in [6.07, 6.45) is 3.94. The van der Waals surface area contributed by atoms with Gasteiger partial charge < -0.3 is 10.4 Å². The first-order valence-electron chi connectivity index (χ1n) is 6.48. The third-order valence-electron chi connectivity index (χ3n) is 3.06. The minimum atomic E-state index is -0.177. The van der Waals surface area contributed by atoms with E-state index in [0.29, 0.717) is 24.0 Å². The van der Waals surface area contributed by atoms with Crippen molar-refractivity contribution in [3.8, 4) is 5.75 Å². The van der Waals surface area contributed by atoms with Gasteiger partial charge in [0, 0.05) is 36.1 Å². The number of thiazole rings is 1. The Morgan fingerprint density at radius 1 is 1.33 bits per heavy atom. The molecular weight excluding hydrogens is 286 g/mol. The fourth-order valence-corrected chi connectivity index (χ4v) is 2.65. The number of nitrogens with zero attached hydrogens (tertiary/aromatic N) is 2. The van der Waals surface area contributed by atoms with Crippen LogP contribution in [0.2, 0.25) is 0 Å². The van der Waals surface area contributed by atoms with Crippen LogP contribution in [-0.2, 0) is 6.42 Å². The maximum Gasteiger partial charge on any atom is 0.252 e. The van der Waals surface area contributed by atoms with E-state index in [4.69, 9.17) is 0 Å². The predicted octanol–water partition coefficient (Wildman–Crippen LogP) is 2.37. The molecule has 0 fully saturated rings. The zero-order chi connectivity index (χ0) is 14.7. The van der Waals surface area contributed by atoms with Gasteiger partial charge in [-0.05, 0) is 12.1 Å². The standard InChI is InChI=1S/C15H13N3O2S/c19-12-3-1-2-10-8-11(9-18-14(10)12)15(20)17-5-4-13-16-6-7-21-13/h1-3,6-9,19H,4-5H2,(H,17,20). The number of rotatable bonds is 4. The Morgan fingerprint density at radius 3 is 3.05 bits per heavy atom. The van der Waals surface area contributed by atoms with E-state index < -0.39 is 0 Å². The van der Waals surface area contributed by atoms with Crippen molar-refractivity contribution >= 4 is 28.1 Å². The molecule has 3 aromatic rings. The van der Waals surface area contributed by atoms with E-state index >= 15 is 0 Å². The first kappa shape index (κ1) is 13.5. The molecule has 0 saturated carbocycles. The Labute approximate surface area is 125 Å². The van der Waals surface area contributed by atoms with Crippen LogP contribution in [0.1, 0.15) is 15.4 Å². The van der Waals surface area contributed by atoms with Gasteiger partial charge in [0.25, 0.3) is 5.91 Å². The lowest BCUT2D eigenvalue weighted by Crippen LogP contribution is -2.25. The van der Waals surface area contributed by atoms with Gasteiger partial charge in [-0.3, -0.25) is 9.78 Å². The number of benzene rings is 1. The summed E-state index contributed by atoms with van der Waals surface area (Å²) in [5.41, 5.74) is 0.976. The number of hydrogen-bond donors (Lipinski definition) is 2. The number of carbonyl (C=O) groups excluding carboxylic acids is 1. The average Bonchev–Trinajstić information content (AvgIpc) is 3.00. The van der Waals surface area contributed by atoms with E-state index in [9.17, 15) is 9.90 Å². The minimum absolute atomic E-state index is 0.114. The molecule has 2 heterocycles. The van der Waals surface area contributed by atoms with Gasteiger partial charge in [-0.25, -0.2) is 4.98 Å². The molecule has 0 aliphatic rings. The van der Waals surface area contributed by atoms with E-state index in [-0.39, 0.29) is 11.7 Å². The number of phenols is 1. The molecule has 0 aliphatic carbocycles. The molecule has 21 heavy (non-hydrogen) atoms. The molecule has 2 aromatic heterocycles. The van der Waals surface area contributed by atoms with Gasteiger partial charge in [0.05, 0.1) is 10.6 Å². The van der Waals surface area contributed by atoms with Crippen molar-refractivity contribution in [2.75, 3.05) is 6.54 Å². The van der Waals surface area contributed by atoms with Crippen LogP contribution in [-0.4, -0.2) is 27.5 Å². The monoisotopic (exact) mass is 299 g/mol. The van der Waals surface area contributed by atoms with Crippen LogP contribution in [0.15, 0.2) is 42.0 Å². The Morgan fingerprint density at radius 2 is 2.24 bits per heavy atom. The molecular formula is C15H13N3O2S. The number of phenolic OH excluding ortho intramolecular Hbond substituents is 1. The first-order chi connectivity index (χ1) is 10.2. The van der Waals surface area contributed by atoms with Crippen LogP contribution in [0.5, 0.6) is 5.75 Å². The normalized spacial score (nSPS) is 10.7. The topological polar surface area (TPSA) is 75.1 Å². The van der Waals surface area contributed by atoms with Crippen molar-refractivity contribution in [2.24, 2.45) is 0 Å². The van der Waals surface area contributed by atoms with Crippen LogP contribution >= 0.6 is 11.3 Å². The highest BCUT2D eigenvalue weighted by Gasteiger charge is 2.08. The third kappa shape index (κ3) is 3.00. The lowest BCUT2D eigenvalue weighted by atomic mass is 10.1. The Hall–Kier alpha value is -2.47. The maximum atomic E-state index is 12.1. The van der Waals surface area contributed by atoms with E-state index in [1.54, 1.807) is 35.7 Å². The van der Waals surface area contributed by atoms with Crippen LogP contribution in [0.3, 0.4) is 0 Å². The summed E-state index contributed by atoms with van der Waals surface area (Å²) in [5, 5.41) is 16.2. The van der Waals surface area contributed by atoms with Crippen molar-refractivity contribution in [1.29, 1.82) is 0 Å². The highest BCUT2D eigenvalue weighted by Crippen LogP contribution is 2.22. The van der Waals surface area contributed by atoms with E-state index in [2.05, 4.69) is 15.3 Å². The Balaban J connectivity index is 1.69. The highest BCUT2D eigenvalue weighted by molar-refractivity contribution is 7.09. The SMILES string of the molecule is O=C(NCCc1nccs1)c1cnc2c(O)cccc2c1. The zero-order valence-electron chi connectivity index (χ0n) is 11.1. The fraction of sp³-hybridized carbons (Fsp3) is 0.133. The summed E-state index contributed by atoms with van der Waals surface area (Å²) in [4.78, 5) is 20.4. The van der Waals surface area contributed by atoms with Gasteiger partial charge in [0.2, 0.25) is 0 Å². The molecule has 0 atom stereocenters. The van der Waals surface area contributed by atoms with Crippen molar-refractivity contribution in [2.45, 2.75) is 6.42 Å². The second-order valence-electron chi connectivity index (χ2n) is 4.50. The summed E-state index contributed by atoms with van der Waals surface area (Å²) >= 11 is 1.57. The molecule has 1 amide bonds. The molecule has 0 spiro atoms. The number of amides is 1. The summed E-state index contributed by atoms with van der Waals surface area (Å²) in [6.45, 7) is 0.532. The lowest BCUT2D eigenvalue weighted by Gasteiger charge is -2.05. The molecule has 2 N–H and O–H groups in total. The smallest absolute Gasteiger partial charge is 0.252 e. The summed E-state index contributed by atoms with van der Waals surface area (Å²) in [6, 6.07) is 6.84. The molecule has 106 valence electrons. The van der Waals surface area contributed by atoms with Gasteiger partial charge in [-0.2, -0.15) is 0 Å². The fourth-order valence-electron chi connectivity index (χ4n) is 2.03. The number of pyridine rings is 1. The molecule has 3 rings (SSSR count). The van der Waals surface area contributed by atoms with Crippen molar-refractivity contribution in [1.82, 2.24) is 15.3 Å². The molecule has 1 aromatic carbocycles. The van der Waals surface area contributed by atoms with Gasteiger partial charge in [-0.15, -0.1) is 11.3 Å². The van der Waals surface area contributed by atoms with Crippen LogP contribution in [0, 0.1) is 0 Å². The summed E-state index contributed by atoms with van der Waals surface area (Å²) in [5.74, 6) is -0.0625. The largest absolute Gasteiger partial charge is 0.506 e. The molecule has 6 heteroatoms. The quantitative estimate of drug-likeness (QED) is 0.775. The molecule has 0 saturated heterocycles. The minimum Gasteiger partial charge on any atom is -0.506 e. The van der Waals surface area contributed by atoms with Gasteiger partial charge in [-0.1, -0.05) is 12.1 Å². The number of aromatic hydroxyl groups is 1. The predicted molar refractivity (Wildman–Crippen MR) is 81.6 cm³/mol. The molecule has 5 nitrogen and oxygen atoms in total. The number of hydrogen-bond acceptors (Lipinski definition) is 5. The summed E-state index contributed by atoms with van der Waals surface area (Å²) in [7, 11) is 0. The number of para-hydroxylation sites is 1. The summed E-state index contributed by atoms with van der Waals surface area (Å²) < 4.78 is 0. The Kier molecular flexibility index (Phi) is 3.79. The van der Waals surface area contributed by atoms with Gasteiger partial charge >= 0.3 is 0 Å². The van der Waals surface area contributed by atoms with Crippen molar-refractivity contribution in [3.05, 3.63) is 52.6 Å². The number of fused-ring (bicyclic) bond motifs is 1. The average molecular weight is 299 g/mol. The lowest BCUT2D eigenvalue weighted by molar-refractivity contribution is 0.0954. The van der Waals surface area contributed by atoms with Crippen LogP contribution in [0.25, 0.3) is 10.9 Å². The van der Waals surface area contributed by atoms with Crippen LogP contribution < -0.4 is 5.32 Å². The molecule has 0 unspecified atom stereocenters. The van der Waals surface area contributed by atoms with E-state index in [0.717, 1.165) is 10.4 Å². The number of carbonyl (C=O) groups is 1. The Bertz CT molecular complexity index is 772. The number of nitrogens with one attached hydrogen (secondary N) is 1. The first-order valence-corrected chi connectivity index (χ1v) is 7.36. The maximum absolute atomic E-state index is 12.1. The van der Waals surface area contributed by atoms with Crippen molar-refractivity contribution in [3.63, 3.8) is 0 Å². The van der Waals surface area contributed by atoms with E-state index in [1.165, 1.54) is 6.20 Å². The highest BCUT2D eigenvalue weighted by atomic mass is 32.1. The van der Waals surface area contributed by atoms with Gasteiger partial charge in [0.1, 0.15) is 11.3 Å². The van der Waals surface area contributed by atoms with Gasteiger partial charge in [0.15, 0.2) is 0 Å². The molecule has 0 aliphatic heterocycles. The molecule has 0 bridgehead atoms. The van der Waals surface area contributed by atoms with Crippen molar-refractivity contribution < 1.29 is 9.90 Å². The van der Waals surface area contributed by atoms with E-state index in [1.807, 2.05) is 11.4 Å². The zero-order valence-corrected chi connectivity index (χ0v) is 11.9. The second-order valence-corrected chi connectivity index (χ2v) is 5.48. The number of aromatic nitrogens is 2. The third-order valence-corrected chi connectivity index (χ3v) is 3.90. The second kappa shape index (κ2) is 5.88. The molecule has 0 radical (unpaired) electrons. The van der Waals surface area contributed by atoms with Crippen LogP contribution in [0.4, 0.5) is 0 Å².